The minimum absolute atomic E-state index is 0.00592. The first-order valence-corrected chi connectivity index (χ1v) is 12.7. The zero-order valence-corrected chi connectivity index (χ0v) is 20.5. The van der Waals surface area contributed by atoms with Gasteiger partial charge < -0.3 is 19.9 Å². The Labute approximate surface area is 207 Å². The number of nitrogens with one attached hydrogen (secondary N) is 1. The van der Waals surface area contributed by atoms with Crippen molar-refractivity contribution >= 4 is 23.2 Å². The highest BCUT2D eigenvalue weighted by Crippen LogP contribution is 2.30. The van der Waals surface area contributed by atoms with Gasteiger partial charge in [0.15, 0.2) is 0 Å². The quantitative estimate of drug-likeness (QED) is 0.689. The molecule has 0 spiro atoms. The fraction of sp³-hybridized carbons (Fsp3) is 0.519. The number of piperidine rings is 1. The minimum Gasteiger partial charge on any atom is -0.379 e. The second kappa shape index (κ2) is 10.7. The number of amides is 2. The third kappa shape index (κ3) is 5.65. The fourth-order valence-electron chi connectivity index (χ4n) is 5.25. The van der Waals surface area contributed by atoms with Gasteiger partial charge in [-0.05, 0) is 55.5 Å². The van der Waals surface area contributed by atoms with E-state index in [2.05, 4.69) is 38.3 Å². The van der Waals surface area contributed by atoms with Crippen molar-refractivity contribution in [2.45, 2.75) is 25.7 Å². The Morgan fingerprint density at radius 1 is 1.03 bits per heavy atom. The number of carbonyl (C=O) groups excluding carboxylic acids is 2. The molecule has 186 valence electrons. The average Bonchev–Trinajstić information content (AvgIpc) is 2.85. The maximum atomic E-state index is 12.7. The largest absolute Gasteiger partial charge is 0.379 e. The van der Waals surface area contributed by atoms with Crippen molar-refractivity contribution in [2.75, 3.05) is 69.2 Å². The van der Waals surface area contributed by atoms with Gasteiger partial charge in [0.05, 0.1) is 37.1 Å². The molecule has 4 heterocycles. The summed E-state index contributed by atoms with van der Waals surface area (Å²) in [6, 6.07) is 12.2. The van der Waals surface area contributed by atoms with Gasteiger partial charge in [0.1, 0.15) is 0 Å². The van der Waals surface area contributed by atoms with E-state index in [0.29, 0.717) is 12.5 Å². The van der Waals surface area contributed by atoms with Gasteiger partial charge in [0.2, 0.25) is 11.8 Å². The summed E-state index contributed by atoms with van der Waals surface area (Å²) < 4.78 is 5.37. The molecule has 3 fully saturated rings. The number of morpholine rings is 1. The number of anilines is 2. The predicted molar refractivity (Wildman–Crippen MR) is 136 cm³/mol. The van der Waals surface area contributed by atoms with Gasteiger partial charge in [-0.1, -0.05) is 12.1 Å². The van der Waals surface area contributed by atoms with Crippen LogP contribution in [0.2, 0.25) is 0 Å². The van der Waals surface area contributed by atoms with Crippen LogP contribution in [0.15, 0.2) is 42.6 Å². The number of likely N-dealkylation sites (tertiary alicyclic amines) is 1. The van der Waals surface area contributed by atoms with Crippen molar-refractivity contribution < 1.29 is 14.3 Å². The monoisotopic (exact) mass is 477 g/mol. The second-order valence-corrected chi connectivity index (χ2v) is 9.86. The summed E-state index contributed by atoms with van der Waals surface area (Å²) in [7, 11) is 0. The Morgan fingerprint density at radius 2 is 1.74 bits per heavy atom. The van der Waals surface area contributed by atoms with E-state index >= 15 is 0 Å². The summed E-state index contributed by atoms with van der Waals surface area (Å²) in [5, 5.41) is 3.07. The maximum Gasteiger partial charge on any atom is 0.236 e. The lowest BCUT2D eigenvalue weighted by atomic mass is 9.89. The van der Waals surface area contributed by atoms with Crippen LogP contribution in [-0.4, -0.2) is 85.6 Å². The zero-order valence-electron chi connectivity index (χ0n) is 20.5. The molecule has 0 atom stereocenters. The predicted octanol–water partition coefficient (Wildman–Crippen LogP) is 2.50. The number of hydrogen-bond donors (Lipinski definition) is 1. The van der Waals surface area contributed by atoms with Crippen LogP contribution >= 0.6 is 0 Å². The Kier molecular flexibility index (Phi) is 7.29. The molecule has 1 aromatic heterocycles. The van der Waals surface area contributed by atoms with E-state index in [0.717, 1.165) is 82.4 Å². The molecular weight excluding hydrogens is 442 g/mol. The number of aryl methyl sites for hydroxylation is 1. The molecule has 0 unspecified atom stereocenters. The number of aromatic nitrogens is 1. The van der Waals surface area contributed by atoms with Gasteiger partial charge in [-0.25, -0.2) is 0 Å². The second-order valence-electron chi connectivity index (χ2n) is 9.86. The molecule has 8 nitrogen and oxygen atoms in total. The van der Waals surface area contributed by atoms with E-state index in [-0.39, 0.29) is 17.7 Å². The summed E-state index contributed by atoms with van der Waals surface area (Å²) in [4.78, 5) is 36.1. The highest BCUT2D eigenvalue weighted by Gasteiger charge is 2.33. The van der Waals surface area contributed by atoms with Gasteiger partial charge in [0, 0.05) is 51.2 Å². The number of rotatable bonds is 6. The third-order valence-corrected chi connectivity index (χ3v) is 7.53. The van der Waals surface area contributed by atoms with Crippen LogP contribution in [0, 0.1) is 12.8 Å². The molecule has 0 bridgehead atoms. The summed E-state index contributed by atoms with van der Waals surface area (Å²) in [6.45, 7) is 8.68. The summed E-state index contributed by atoms with van der Waals surface area (Å²) in [6.07, 6.45) is 3.75. The standard InChI is InChI=1S/C27H35N5O3/c1-20-25(3-2-10-28-20)32-17-23(18-32)27(34)29-24-6-4-21(5-7-24)22-8-11-31(12-9-22)26(33)19-30-13-15-35-16-14-30/h2-7,10,22-23H,8-9,11-19H2,1H3,(H,29,34). The Hall–Kier alpha value is -2.97. The number of benzene rings is 1. The highest BCUT2D eigenvalue weighted by molar-refractivity contribution is 5.94. The van der Waals surface area contributed by atoms with E-state index in [1.54, 1.807) is 6.20 Å². The molecule has 1 aromatic carbocycles. The van der Waals surface area contributed by atoms with Crippen molar-refractivity contribution in [2.24, 2.45) is 5.92 Å². The molecule has 0 aliphatic carbocycles. The van der Waals surface area contributed by atoms with Crippen LogP contribution in [-0.2, 0) is 14.3 Å². The fourth-order valence-corrected chi connectivity index (χ4v) is 5.25. The number of pyridine rings is 1. The number of nitrogens with zero attached hydrogens (tertiary/aromatic N) is 4. The van der Waals surface area contributed by atoms with Gasteiger partial charge in [-0.2, -0.15) is 0 Å². The zero-order chi connectivity index (χ0) is 24.2. The summed E-state index contributed by atoms with van der Waals surface area (Å²) in [5.41, 5.74) is 4.22. The van der Waals surface area contributed by atoms with E-state index in [9.17, 15) is 9.59 Å². The smallest absolute Gasteiger partial charge is 0.236 e. The van der Waals surface area contributed by atoms with Crippen molar-refractivity contribution in [3.8, 4) is 0 Å². The maximum absolute atomic E-state index is 12.7. The van der Waals surface area contributed by atoms with Crippen LogP contribution in [0.5, 0.6) is 0 Å². The Balaban J connectivity index is 1.06. The Morgan fingerprint density at radius 3 is 2.43 bits per heavy atom. The molecular formula is C27H35N5O3. The van der Waals surface area contributed by atoms with E-state index in [1.165, 1.54) is 5.56 Å². The number of carbonyl (C=O) groups is 2. The molecule has 1 N–H and O–H groups in total. The average molecular weight is 478 g/mol. The van der Waals surface area contributed by atoms with Crippen molar-refractivity contribution in [3.05, 3.63) is 53.9 Å². The van der Waals surface area contributed by atoms with Crippen LogP contribution in [0.25, 0.3) is 0 Å². The number of hydrogen-bond acceptors (Lipinski definition) is 6. The van der Waals surface area contributed by atoms with Crippen LogP contribution in [0.4, 0.5) is 11.4 Å². The van der Waals surface area contributed by atoms with E-state index in [4.69, 9.17) is 4.74 Å². The first kappa shape index (κ1) is 23.8. The molecule has 2 aromatic rings. The topological polar surface area (TPSA) is 78.0 Å². The molecule has 3 saturated heterocycles. The summed E-state index contributed by atoms with van der Waals surface area (Å²) >= 11 is 0. The molecule has 2 amide bonds. The summed E-state index contributed by atoms with van der Waals surface area (Å²) in [5.74, 6) is 0.753. The molecule has 5 rings (SSSR count). The SMILES string of the molecule is Cc1ncccc1N1CC(C(=O)Nc2ccc(C3CCN(C(=O)CN4CCOCC4)CC3)cc2)C1. The van der Waals surface area contributed by atoms with Gasteiger partial charge >= 0.3 is 0 Å². The Bertz CT molecular complexity index is 1020. The molecule has 8 heteroatoms. The first-order valence-electron chi connectivity index (χ1n) is 12.7. The molecule has 0 radical (unpaired) electrons. The number of ether oxygens (including phenoxy) is 1. The lowest BCUT2D eigenvalue weighted by Crippen LogP contribution is -2.52. The van der Waals surface area contributed by atoms with E-state index < -0.39 is 0 Å². The normalized spacial score (nSPS) is 19.9. The van der Waals surface area contributed by atoms with Gasteiger partial charge in [0.25, 0.3) is 0 Å². The molecule has 0 saturated carbocycles. The van der Waals surface area contributed by atoms with Crippen molar-refractivity contribution in [1.29, 1.82) is 0 Å². The molecule has 3 aliphatic rings. The third-order valence-electron chi connectivity index (χ3n) is 7.53. The minimum atomic E-state index is -0.00592. The highest BCUT2D eigenvalue weighted by atomic mass is 16.5. The van der Waals surface area contributed by atoms with E-state index in [1.807, 2.05) is 30.0 Å². The van der Waals surface area contributed by atoms with Crippen molar-refractivity contribution in [3.63, 3.8) is 0 Å². The van der Waals surface area contributed by atoms with Gasteiger partial charge in [-0.15, -0.1) is 0 Å². The molecule has 35 heavy (non-hydrogen) atoms. The van der Waals surface area contributed by atoms with Crippen LogP contribution in [0.1, 0.15) is 30.0 Å². The lowest BCUT2D eigenvalue weighted by Gasteiger charge is -2.40. The van der Waals surface area contributed by atoms with Crippen LogP contribution < -0.4 is 10.2 Å². The van der Waals surface area contributed by atoms with Crippen LogP contribution in [0.3, 0.4) is 0 Å². The molecule has 3 aliphatic heterocycles. The first-order chi connectivity index (χ1) is 17.1. The van der Waals surface area contributed by atoms with Gasteiger partial charge in [-0.3, -0.25) is 19.5 Å². The lowest BCUT2D eigenvalue weighted by molar-refractivity contribution is -0.134. The van der Waals surface area contributed by atoms with Crippen molar-refractivity contribution in [1.82, 2.24) is 14.8 Å².